The molecular formula is C14H20FN3O3. The summed E-state index contributed by atoms with van der Waals surface area (Å²) in [5.74, 6) is -1.77. The number of nitrogens with two attached hydrogens (primary N) is 1. The van der Waals surface area contributed by atoms with Crippen molar-refractivity contribution in [2.24, 2.45) is 0 Å². The van der Waals surface area contributed by atoms with Gasteiger partial charge < -0.3 is 25.7 Å². The number of rotatable bonds is 4. The highest BCUT2D eigenvalue weighted by molar-refractivity contribution is 5.95. The number of aliphatic hydroxyl groups is 1. The van der Waals surface area contributed by atoms with Gasteiger partial charge in [-0.2, -0.15) is 0 Å². The third-order valence-corrected chi connectivity index (χ3v) is 3.63. The number of halogens is 1. The molecule has 0 spiro atoms. The van der Waals surface area contributed by atoms with Gasteiger partial charge in [-0.05, 0) is 32.6 Å². The lowest BCUT2D eigenvalue weighted by atomic mass is 10.1. The van der Waals surface area contributed by atoms with Gasteiger partial charge in [0.1, 0.15) is 5.82 Å². The van der Waals surface area contributed by atoms with E-state index in [1.807, 2.05) is 19.0 Å². The molecule has 116 valence electrons. The van der Waals surface area contributed by atoms with Gasteiger partial charge in [-0.1, -0.05) is 0 Å². The molecule has 1 aliphatic rings. The van der Waals surface area contributed by atoms with Crippen molar-refractivity contribution in [3.8, 4) is 0 Å². The first-order valence-corrected chi connectivity index (χ1v) is 6.71. The zero-order valence-corrected chi connectivity index (χ0v) is 12.1. The Morgan fingerprint density at radius 3 is 2.76 bits per heavy atom. The Morgan fingerprint density at radius 2 is 2.19 bits per heavy atom. The molecule has 1 aromatic carbocycles. The van der Waals surface area contributed by atoms with Crippen molar-refractivity contribution in [2.75, 3.05) is 37.8 Å². The largest absolute Gasteiger partial charge is 0.478 e. The van der Waals surface area contributed by atoms with E-state index in [1.54, 1.807) is 4.90 Å². The number of benzene rings is 1. The van der Waals surface area contributed by atoms with E-state index in [4.69, 9.17) is 10.8 Å². The normalized spacial score (nSPS) is 22.0. The predicted molar refractivity (Wildman–Crippen MR) is 78.1 cm³/mol. The minimum atomic E-state index is -1.20. The Labute approximate surface area is 122 Å². The van der Waals surface area contributed by atoms with Gasteiger partial charge in [-0.15, -0.1) is 0 Å². The smallest absolute Gasteiger partial charge is 0.337 e. The lowest BCUT2D eigenvalue weighted by Crippen LogP contribution is -2.38. The molecule has 0 radical (unpaired) electrons. The molecule has 0 saturated carbocycles. The molecule has 1 aliphatic heterocycles. The molecule has 0 aromatic heterocycles. The first-order chi connectivity index (χ1) is 9.79. The standard InChI is InChI=1S/C14H20FN3O3/c1-17(2)6-8-3-9(19)7-18(8)13-4-10(14(20)21)12(16)5-11(13)15/h4-5,8-9,19H,3,6-7,16H2,1-2H3,(H,20,21). The van der Waals surface area contributed by atoms with E-state index < -0.39 is 17.9 Å². The van der Waals surface area contributed by atoms with E-state index in [1.165, 1.54) is 6.07 Å². The average Bonchev–Trinajstić information content (AvgIpc) is 2.68. The number of hydrogen-bond donors (Lipinski definition) is 3. The van der Waals surface area contributed by atoms with Crippen LogP contribution in [-0.4, -0.2) is 60.4 Å². The number of carboxylic acids is 1. The van der Waals surface area contributed by atoms with Gasteiger partial charge >= 0.3 is 5.97 Å². The van der Waals surface area contributed by atoms with Crippen molar-refractivity contribution in [1.82, 2.24) is 4.90 Å². The van der Waals surface area contributed by atoms with Gasteiger partial charge in [0.05, 0.1) is 17.4 Å². The molecule has 0 amide bonds. The van der Waals surface area contributed by atoms with Crippen molar-refractivity contribution >= 4 is 17.3 Å². The molecule has 1 heterocycles. The van der Waals surface area contributed by atoms with Crippen LogP contribution >= 0.6 is 0 Å². The quantitative estimate of drug-likeness (QED) is 0.705. The van der Waals surface area contributed by atoms with Crippen molar-refractivity contribution in [2.45, 2.75) is 18.6 Å². The summed E-state index contributed by atoms with van der Waals surface area (Å²) in [6, 6.07) is 2.19. The van der Waals surface area contributed by atoms with Crippen molar-refractivity contribution in [3.63, 3.8) is 0 Å². The molecule has 7 heteroatoms. The van der Waals surface area contributed by atoms with Gasteiger partial charge in [-0.25, -0.2) is 9.18 Å². The fourth-order valence-electron chi connectivity index (χ4n) is 2.76. The Balaban J connectivity index is 2.39. The highest BCUT2D eigenvalue weighted by Crippen LogP contribution is 2.31. The number of anilines is 2. The zero-order chi connectivity index (χ0) is 15.7. The summed E-state index contributed by atoms with van der Waals surface area (Å²) in [4.78, 5) is 14.8. The number of aliphatic hydroxyl groups excluding tert-OH is 1. The summed E-state index contributed by atoms with van der Waals surface area (Å²) >= 11 is 0. The number of nitrogens with zero attached hydrogens (tertiary/aromatic N) is 2. The SMILES string of the molecule is CN(C)CC1CC(O)CN1c1cc(C(=O)O)c(N)cc1F. The third-order valence-electron chi connectivity index (χ3n) is 3.63. The van der Waals surface area contributed by atoms with Crippen molar-refractivity contribution < 1.29 is 19.4 Å². The fourth-order valence-corrected chi connectivity index (χ4v) is 2.76. The zero-order valence-electron chi connectivity index (χ0n) is 12.1. The monoisotopic (exact) mass is 297 g/mol. The van der Waals surface area contributed by atoms with Crippen LogP contribution in [0.1, 0.15) is 16.8 Å². The molecule has 2 atom stereocenters. The number of β-amino-alcohol motifs (C(OH)–C–C–N with tert-alkyl or cyclic N) is 1. The average molecular weight is 297 g/mol. The van der Waals surface area contributed by atoms with Crippen LogP contribution in [0.15, 0.2) is 12.1 Å². The van der Waals surface area contributed by atoms with Crippen molar-refractivity contribution in [3.05, 3.63) is 23.5 Å². The van der Waals surface area contributed by atoms with Crippen molar-refractivity contribution in [1.29, 1.82) is 0 Å². The third kappa shape index (κ3) is 3.25. The van der Waals surface area contributed by atoms with E-state index >= 15 is 0 Å². The van der Waals surface area contributed by atoms with Crippen LogP contribution in [0.2, 0.25) is 0 Å². The maximum absolute atomic E-state index is 14.2. The predicted octanol–water partition coefficient (Wildman–Crippen LogP) is 0.607. The van der Waals surface area contributed by atoms with Gasteiger partial charge in [-0.3, -0.25) is 0 Å². The van der Waals surface area contributed by atoms with E-state index in [9.17, 15) is 14.3 Å². The topological polar surface area (TPSA) is 90.0 Å². The van der Waals surface area contributed by atoms with Gasteiger partial charge in [0, 0.05) is 24.8 Å². The van der Waals surface area contributed by atoms with Gasteiger partial charge in [0.25, 0.3) is 0 Å². The van der Waals surface area contributed by atoms with E-state index in [0.717, 1.165) is 6.07 Å². The minimum Gasteiger partial charge on any atom is -0.478 e. The van der Waals surface area contributed by atoms with Crippen LogP contribution in [0.3, 0.4) is 0 Å². The van der Waals surface area contributed by atoms with Crippen LogP contribution in [0.5, 0.6) is 0 Å². The summed E-state index contributed by atoms with van der Waals surface area (Å²) in [5, 5.41) is 19.0. The molecule has 1 fully saturated rings. The van der Waals surface area contributed by atoms with Crippen LogP contribution in [-0.2, 0) is 0 Å². The second kappa shape index (κ2) is 5.87. The Kier molecular flexibility index (Phi) is 4.34. The highest BCUT2D eigenvalue weighted by Gasteiger charge is 2.33. The molecule has 6 nitrogen and oxygen atoms in total. The van der Waals surface area contributed by atoms with Crippen LogP contribution < -0.4 is 10.6 Å². The molecule has 0 bridgehead atoms. The molecule has 4 N–H and O–H groups in total. The number of nitrogen functional groups attached to an aromatic ring is 1. The first kappa shape index (κ1) is 15.5. The molecule has 2 unspecified atom stereocenters. The van der Waals surface area contributed by atoms with Gasteiger partial charge in [0.15, 0.2) is 0 Å². The number of carboxylic acid groups (broad SMARTS) is 1. The Hall–Kier alpha value is -1.86. The second-order valence-electron chi connectivity index (χ2n) is 5.65. The fraction of sp³-hybridized carbons (Fsp3) is 0.500. The number of aromatic carboxylic acids is 1. The number of carbonyl (C=O) groups is 1. The first-order valence-electron chi connectivity index (χ1n) is 6.71. The summed E-state index contributed by atoms with van der Waals surface area (Å²) in [6.45, 7) is 0.918. The summed E-state index contributed by atoms with van der Waals surface area (Å²) in [5.41, 5.74) is 5.47. The summed E-state index contributed by atoms with van der Waals surface area (Å²) < 4.78 is 14.2. The molecular weight excluding hydrogens is 277 g/mol. The minimum absolute atomic E-state index is 0.0743. The lowest BCUT2D eigenvalue weighted by molar-refractivity contribution is 0.0698. The molecule has 1 saturated heterocycles. The second-order valence-corrected chi connectivity index (χ2v) is 5.65. The molecule has 1 aromatic rings. The Bertz CT molecular complexity index is 551. The highest BCUT2D eigenvalue weighted by atomic mass is 19.1. The van der Waals surface area contributed by atoms with E-state index in [-0.39, 0.29) is 29.5 Å². The van der Waals surface area contributed by atoms with E-state index in [2.05, 4.69) is 0 Å². The molecule has 2 rings (SSSR count). The van der Waals surface area contributed by atoms with Crippen LogP contribution in [0.4, 0.5) is 15.8 Å². The number of hydrogen-bond acceptors (Lipinski definition) is 5. The van der Waals surface area contributed by atoms with E-state index in [0.29, 0.717) is 13.0 Å². The molecule has 0 aliphatic carbocycles. The number of likely N-dealkylation sites (N-methyl/N-ethyl adjacent to an activating group) is 1. The maximum atomic E-state index is 14.2. The summed E-state index contributed by atoms with van der Waals surface area (Å²) in [6.07, 6.45) is -0.0371. The Morgan fingerprint density at radius 1 is 1.52 bits per heavy atom. The summed E-state index contributed by atoms with van der Waals surface area (Å²) in [7, 11) is 3.79. The van der Waals surface area contributed by atoms with Crippen LogP contribution in [0, 0.1) is 5.82 Å². The van der Waals surface area contributed by atoms with Gasteiger partial charge in [0.2, 0.25) is 0 Å². The maximum Gasteiger partial charge on any atom is 0.337 e. The van der Waals surface area contributed by atoms with Crippen LogP contribution in [0.25, 0.3) is 0 Å². The molecule has 21 heavy (non-hydrogen) atoms. The lowest BCUT2D eigenvalue weighted by Gasteiger charge is -2.29.